The molecule has 4 heteroatoms. The van der Waals surface area contributed by atoms with Gasteiger partial charge < -0.3 is 0 Å². The average molecular weight is 433 g/mol. The van der Waals surface area contributed by atoms with Gasteiger partial charge in [0, 0.05) is 9.89 Å². The van der Waals surface area contributed by atoms with Gasteiger partial charge in [-0.2, -0.15) is 5.10 Å². The number of carbonyl (C=O) groups is 1. The molecule has 0 radical (unpaired) electrons. The zero-order valence-corrected chi connectivity index (χ0v) is 17.2. The first-order valence-electron chi connectivity index (χ1n) is 9.32. The van der Waals surface area contributed by atoms with Crippen molar-refractivity contribution in [2.24, 2.45) is 11.0 Å². The highest BCUT2D eigenvalue weighted by Gasteiger charge is 2.60. The molecule has 1 unspecified atom stereocenters. The Morgan fingerprint density at radius 3 is 2.00 bits per heavy atom. The van der Waals surface area contributed by atoms with E-state index in [0.717, 1.165) is 22.2 Å². The molecule has 0 aliphatic heterocycles. The van der Waals surface area contributed by atoms with Crippen LogP contribution >= 0.6 is 15.9 Å². The molecule has 3 aromatic carbocycles. The van der Waals surface area contributed by atoms with E-state index in [-0.39, 0.29) is 17.2 Å². The zero-order valence-electron chi connectivity index (χ0n) is 15.6. The molecule has 140 valence electrons. The quantitative estimate of drug-likeness (QED) is 0.431. The normalized spacial score (nSPS) is 17.8. The fraction of sp³-hybridized carbons (Fsp3) is 0.167. The standard InChI is InChI=1S/C24H21BrN2O/c1-17(18-12-14-21(25)15-13-18)26-27-23(28)22-16-24(22,19-8-4-2-5-9-19)20-10-6-3-7-11-20/h2-15,22H,16H2,1H3,(H,27,28). The molecule has 1 fully saturated rings. The van der Waals surface area contributed by atoms with Crippen LogP contribution in [-0.4, -0.2) is 11.6 Å². The van der Waals surface area contributed by atoms with Crippen molar-refractivity contribution in [3.63, 3.8) is 0 Å². The fourth-order valence-electron chi connectivity index (χ4n) is 3.83. The number of rotatable bonds is 5. The summed E-state index contributed by atoms with van der Waals surface area (Å²) >= 11 is 3.43. The maximum atomic E-state index is 12.9. The smallest absolute Gasteiger partial charge is 0.244 e. The lowest BCUT2D eigenvalue weighted by Crippen LogP contribution is -2.26. The van der Waals surface area contributed by atoms with Crippen molar-refractivity contribution < 1.29 is 4.79 Å². The van der Waals surface area contributed by atoms with Gasteiger partial charge in [-0.25, -0.2) is 5.43 Å². The topological polar surface area (TPSA) is 41.5 Å². The maximum absolute atomic E-state index is 12.9. The van der Waals surface area contributed by atoms with Gasteiger partial charge in [0.2, 0.25) is 5.91 Å². The number of amides is 1. The summed E-state index contributed by atoms with van der Waals surface area (Å²) in [4.78, 5) is 12.9. The molecule has 0 spiro atoms. The Bertz CT molecular complexity index is 958. The Hall–Kier alpha value is -2.72. The number of nitrogens with one attached hydrogen (secondary N) is 1. The van der Waals surface area contributed by atoms with E-state index in [1.165, 1.54) is 11.1 Å². The van der Waals surface area contributed by atoms with Crippen molar-refractivity contribution in [1.82, 2.24) is 5.43 Å². The van der Waals surface area contributed by atoms with Crippen LogP contribution < -0.4 is 5.43 Å². The van der Waals surface area contributed by atoms with Crippen molar-refractivity contribution in [2.45, 2.75) is 18.8 Å². The molecule has 3 nitrogen and oxygen atoms in total. The Morgan fingerprint density at radius 1 is 0.929 bits per heavy atom. The number of hydrogen-bond donors (Lipinski definition) is 1. The van der Waals surface area contributed by atoms with Crippen molar-refractivity contribution >= 4 is 27.5 Å². The highest BCUT2D eigenvalue weighted by molar-refractivity contribution is 9.10. The molecule has 1 atom stereocenters. The Morgan fingerprint density at radius 2 is 1.46 bits per heavy atom. The van der Waals surface area contributed by atoms with Gasteiger partial charge in [-0.15, -0.1) is 0 Å². The summed E-state index contributed by atoms with van der Waals surface area (Å²) in [5.41, 5.74) is 6.64. The van der Waals surface area contributed by atoms with Crippen LogP contribution in [0.4, 0.5) is 0 Å². The van der Waals surface area contributed by atoms with Gasteiger partial charge in [0.1, 0.15) is 0 Å². The third kappa shape index (κ3) is 3.52. The van der Waals surface area contributed by atoms with Crippen molar-refractivity contribution in [3.05, 3.63) is 106 Å². The predicted molar refractivity (Wildman–Crippen MR) is 116 cm³/mol. The van der Waals surface area contributed by atoms with Gasteiger partial charge in [0.25, 0.3) is 0 Å². The lowest BCUT2D eigenvalue weighted by molar-refractivity contribution is -0.122. The van der Waals surface area contributed by atoms with Crippen molar-refractivity contribution in [3.8, 4) is 0 Å². The molecule has 4 rings (SSSR count). The number of nitrogens with zero attached hydrogens (tertiary/aromatic N) is 1. The summed E-state index contributed by atoms with van der Waals surface area (Å²) in [6, 6.07) is 28.4. The summed E-state index contributed by atoms with van der Waals surface area (Å²) in [6.45, 7) is 1.90. The van der Waals surface area contributed by atoms with E-state index in [1.807, 2.05) is 67.6 Å². The van der Waals surface area contributed by atoms with Gasteiger partial charge in [0.15, 0.2) is 0 Å². The van der Waals surface area contributed by atoms with Crippen LogP contribution in [0.1, 0.15) is 30.0 Å². The van der Waals surface area contributed by atoms with Crippen LogP contribution in [0.3, 0.4) is 0 Å². The monoisotopic (exact) mass is 432 g/mol. The summed E-state index contributed by atoms with van der Waals surface area (Å²) in [5.74, 6) is -0.164. The van der Waals surface area contributed by atoms with E-state index in [2.05, 4.69) is 50.7 Å². The highest BCUT2D eigenvalue weighted by atomic mass is 79.9. The third-order valence-corrected chi connectivity index (χ3v) is 5.98. The minimum atomic E-state index is -0.270. The molecule has 1 aliphatic rings. The van der Waals surface area contributed by atoms with Crippen LogP contribution in [0, 0.1) is 5.92 Å². The van der Waals surface area contributed by atoms with Crippen LogP contribution in [0.5, 0.6) is 0 Å². The van der Waals surface area contributed by atoms with Crippen LogP contribution in [0.15, 0.2) is 94.5 Å². The third-order valence-electron chi connectivity index (χ3n) is 5.45. The lowest BCUT2D eigenvalue weighted by atomic mass is 9.85. The number of hydrazone groups is 1. The van der Waals surface area contributed by atoms with E-state index < -0.39 is 0 Å². The molecule has 1 N–H and O–H groups in total. The summed E-state index contributed by atoms with van der Waals surface area (Å²) in [5, 5.41) is 4.34. The zero-order chi connectivity index (χ0) is 19.6. The average Bonchev–Trinajstić information content (AvgIpc) is 3.51. The summed E-state index contributed by atoms with van der Waals surface area (Å²) < 4.78 is 1.02. The molecule has 1 aliphatic carbocycles. The number of carbonyl (C=O) groups excluding carboxylic acids is 1. The number of halogens is 1. The molecule has 3 aromatic rings. The van der Waals surface area contributed by atoms with Crippen LogP contribution in [0.25, 0.3) is 0 Å². The first-order valence-corrected chi connectivity index (χ1v) is 10.1. The molecule has 0 aromatic heterocycles. The second-order valence-electron chi connectivity index (χ2n) is 7.14. The molecular formula is C24H21BrN2O. The molecule has 1 saturated carbocycles. The number of benzene rings is 3. The van der Waals surface area contributed by atoms with Crippen molar-refractivity contribution in [1.29, 1.82) is 0 Å². The Kier molecular flexibility index (Phi) is 5.14. The Labute approximate surface area is 173 Å². The number of hydrogen-bond acceptors (Lipinski definition) is 2. The second kappa shape index (κ2) is 7.72. The lowest BCUT2D eigenvalue weighted by Gasteiger charge is -2.18. The molecule has 0 bridgehead atoms. The van der Waals surface area contributed by atoms with Gasteiger partial charge in [0.05, 0.1) is 11.6 Å². The Balaban J connectivity index is 1.56. The molecule has 0 heterocycles. The van der Waals surface area contributed by atoms with Gasteiger partial charge in [-0.3, -0.25) is 4.79 Å². The first kappa shape index (κ1) is 18.6. The van der Waals surface area contributed by atoms with E-state index in [4.69, 9.17) is 0 Å². The van der Waals surface area contributed by atoms with Crippen LogP contribution in [0.2, 0.25) is 0 Å². The van der Waals surface area contributed by atoms with E-state index >= 15 is 0 Å². The minimum Gasteiger partial charge on any atom is -0.273 e. The van der Waals surface area contributed by atoms with E-state index in [9.17, 15) is 4.79 Å². The fourth-order valence-corrected chi connectivity index (χ4v) is 4.09. The van der Waals surface area contributed by atoms with Crippen LogP contribution in [-0.2, 0) is 10.2 Å². The maximum Gasteiger partial charge on any atom is 0.244 e. The molecule has 28 heavy (non-hydrogen) atoms. The first-order chi connectivity index (χ1) is 13.6. The summed E-state index contributed by atoms with van der Waals surface area (Å²) in [7, 11) is 0. The predicted octanol–water partition coefficient (Wildman–Crippen LogP) is 5.30. The van der Waals surface area contributed by atoms with E-state index in [0.29, 0.717) is 0 Å². The SMILES string of the molecule is CC(=NNC(=O)C1CC1(c1ccccc1)c1ccccc1)c1ccc(Br)cc1. The van der Waals surface area contributed by atoms with E-state index in [1.54, 1.807) is 0 Å². The summed E-state index contributed by atoms with van der Waals surface area (Å²) in [6.07, 6.45) is 0.791. The highest BCUT2D eigenvalue weighted by Crippen LogP contribution is 2.58. The van der Waals surface area contributed by atoms with Gasteiger partial charge >= 0.3 is 0 Å². The second-order valence-corrected chi connectivity index (χ2v) is 8.06. The van der Waals surface area contributed by atoms with Gasteiger partial charge in [-0.05, 0) is 42.2 Å². The van der Waals surface area contributed by atoms with Crippen molar-refractivity contribution in [2.75, 3.05) is 0 Å². The largest absolute Gasteiger partial charge is 0.273 e. The molecule has 0 saturated heterocycles. The van der Waals surface area contributed by atoms with Gasteiger partial charge in [-0.1, -0.05) is 88.7 Å². The minimum absolute atomic E-state index is 0.0378. The molecular weight excluding hydrogens is 412 g/mol. The molecule has 1 amide bonds.